The van der Waals surface area contributed by atoms with E-state index >= 15 is 0 Å². The summed E-state index contributed by atoms with van der Waals surface area (Å²) in [7, 11) is 0. The van der Waals surface area contributed by atoms with Crippen LogP contribution in [0.4, 0.5) is 0 Å². The molecule has 0 unspecified atom stereocenters. The van der Waals surface area contributed by atoms with E-state index in [1.54, 1.807) is 4.90 Å². The van der Waals surface area contributed by atoms with Crippen LogP contribution in [0, 0.1) is 5.41 Å². The summed E-state index contributed by atoms with van der Waals surface area (Å²) >= 11 is 0. The molecule has 5 heteroatoms. The van der Waals surface area contributed by atoms with E-state index in [-0.39, 0.29) is 29.8 Å². The fourth-order valence-electron chi connectivity index (χ4n) is 4.19. The van der Waals surface area contributed by atoms with Gasteiger partial charge in [-0.25, -0.2) is 0 Å². The average Bonchev–Trinajstić information content (AvgIpc) is 2.65. The van der Waals surface area contributed by atoms with Gasteiger partial charge in [0.1, 0.15) is 0 Å². The van der Waals surface area contributed by atoms with Crippen LogP contribution in [0.1, 0.15) is 44.1 Å². The molecule has 0 bridgehead atoms. The van der Waals surface area contributed by atoms with E-state index in [0.29, 0.717) is 13.0 Å². The van der Waals surface area contributed by atoms with Gasteiger partial charge in [0.15, 0.2) is 0 Å². The van der Waals surface area contributed by atoms with E-state index in [1.165, 1.54) is 0 Å². The number of benzene rings is 1. The van der Waals surface area contributed by atoms with E-state index in [0.717, 1.165) is 44.5 Å². The SMILES string of the molecule is C[C@H](C(=O)N1CCC2(CCC(=O)N(CCO)C2)CC1)c1ccccc1. The summed E-state index contributed by atoms with van der Waals surface area (Å²) in [6, 6.07) is 9.92. The first-order chi connectivity index (χ1) is 12.0. The van der Waals surface area contributed by atoms with Gasteiger partial charge in [-0.1, -0.05) is 30.3 Å². The van der Waals surface area contributed by atoms with Gasteiger partial charge in [-0.05, 0) is 37.2 Å². The van der Waals surface area contributed by atoms with Gasteiger partial charge >= 0.3 is 0 Å². The number of carbonyl (C=O) groups excluding carboxylic acids is 2. The summed E-state index contributed by atoms with van der Waals surface area (Å²) in [5.74, 6) is 0.227. The van der Waals surface area contributed by atoms with Gasteiger partial charge in [0.25, 0.3) is 0 Å². The molecule has 0 aromatic heterocycles. The summed E-state index contributed by atoms with van der Waals surface area (Å²) in [5, 5.41) is 9.16. The van der Waals surface area contributed by atoms with E-state index in [1.807, 2.05) is 42.2 Å². The Kier molecular flexibility index (Phi) is 5.42. The van der Waals surface area contributed by atoms with Crippen molar-refractivity contribution in [2.24, 2.45) is 5.41 Å². The predicted molar refractivity (Wildman–Crippen MR) is 96.0 cm³/mol. The van der Waals surface area contributed by atoms with Crippen LogP contribution in [0.15, 0.2) is 30.3 Å². The van der Waals surface area contributed by atoms with Gasteiger partial charge in [-0.2, -0.15) is 0 Å². The van der Waals surface area contributed by atoms with Gasteiger partial charge in [0.05, 0.1) is 12.5 Å². The Bertz CT molecular complexity index is 609. The molecule has 3 rings (SSSR count). The fraction of sp³-hybridized carbons (Fsp3) is 0.600. The second-order valence-electron chi connectivity index (χ2n) is 7.50. The largest absolute Gasteiger partial charge is 0.395 e. The van der Waals surface area contributed by atoms with Crippen molar-refractivity contribution in [3.63, 3.8) is 0 Å². The number of hydrogen-bond acceptors (Lipinski definition) is 3. The van der Waals surface area contributed by atoms with Crippen LogP contribution in [0.2, 0.25) is 0 Å². The smallest absolute Gasteiger partial charge is 0.229 e. The summed E-state index contributed by atoms with van der Waals surface area (Å²) in [4.78, 5) is 28.6. The van der Waals surface area contributed by atoms with E-state index in [4.69, 9.17) is 5.11 Å². The highest BCUT2D eigenvalue weighted by molar-refractivity contribution is 5.83. The third-order valence-electron chi connectivity index (χ3n) is 5.92. The average molecular weight is 344 g/mol. The zero-order valence-electron chi connectivity index (χ0n) is 15.0. The van der Waals surface area contributed by atoms with Gasteiger partial charge in [0.2, 0.25) is 11.8 Å². The Morgan fingerprint density at radius 3 is 2.52 bits per heavy atom. The monoisotopic (exact) mass is 344 g/mol. The van der Waals surface area contributed by atoms with Crippen LogP contribution in [0.25, 0.3) is 0 Å². The second-order valence-corrected chi connectivity index (χ2v) is 7.50. The molecule has 25 heavy (non-hydrogen) atoms. The lowest BCUT2D eigenvalue weighted by molar-refractivity contribution is -0.143. The molecule has 5 nitrogen and oxygen atoms in total. The number of aliphatic hydroxyl groups is 1. The molecular weight excluding hydrogens is 316 g/mol. The second kappa shape index (κ2) is 7.56. The zero-order valence-corrected chi connectivity index (χ0v) is 15.0. The van der Waals surface area contributed by atoms with Crippen molar-refractivity contribution in [1.82, 2.24) is 9.80 Å². The molecule has 0 aliphatic carbocycles. The molecule has 1 N–H and O–H groups in total. The summed E-state index contributed by atoms with van der Waals surface area (Å²) < 4.78 is 0. The van der Waals surface area contributed by atoms with Crippen molar-refractivity contribution in [3.8, 4) is 0 Å². The Morgan fingerprint density at radius 2 is 1.88 bits per heavy atom. The van der Waals surface area contributed by atoms with Crippen LogP contribution in [-0.2, 0) is 9.59 Å². The third-order valence-corrected chi connectivity index (χ3v) is 5.92. The number of aliphatic hydroxyl groups excluding tert-OH is 1. The molecule has 136 valence electrons. The summed E-state index contributed by atoms with van der Waals surface area (Å²) in [6.07, 6.45) is 3.35. The minimum Gasteiger partial charge on any atom is -0.395 e. The van der Waals surface area contributed by atoms with Crippen molar-refractivity contribution in [2.45, 2.75) is 38.5 Å². The number of hydrogen-bond donors (Lipinski definition) is 1. The van der Waals surface area contributed by atoms with Crippen LogP contribution in [-0.4, -0.2) is 59.5 Å². The van der Waals surface area contributed by atoms with Crippen molar-refractivity contribution in [1.29, 1.82) is 0 Å². The van der Waals surface area contributed by atoms with Crippen LogP contribution >= 0.6 is 0 Å². The maximum atomic E-state index is 12.8. The lowest BCUT2D eigenvalue weighted by atomic mass is 9.72. The van der Waals surface area contributed by atoms with Crippen molar-refractivity contribution in [3.05, 3.63) is 35.9 Å². The minimum absolute atomic E-state index is 0.0149. The first-order valence-electron chi connectivity index (χ1n) is 9.27. The number of piperidine rings is 2. The molecule has 2 amide bonds. The van der Waals surface area contributed by atoms with E-state index in [2.05, 4.69) is 0 Å². The fourth-order valence-corrected chi connectivity index (χ4v) is 4.19. The highest BCUT2D eigenvalue weighted by Crippen LogP contribution is 2.40. The standard InChI is InChI=1S/C20H28N2O3/c1-16(17-5-3-2-4-6-17)19(25)21-11-9-20(10-12-21)8-7-18(24)22(15-20)13-14-23/h2-6,16,23H,7-15H2,1H3/t16-/m0/s1. The molecule has 0 radical (unpaired) electrons. The van der Waals surface area contributed by atoms with Crippen molar-refractivity contribution < 1.29 is 14.7 Å². The first-order valence-corrected chi connectivity index (χ1v) is 9.27. The van der Waals surface area contributed by atoms with Crippen molar-refractivity contribution in [2.75, 3.05) is 32.8 Å². The maximum absolute atomic E-state index is 12.8. The Morgan fingerprint density at radius 1 is 1.20 bits per heavy atom. The van der Waals surface area contributed by atoms with Gasteiger partial charge < -0.3 is 14.9 Å². The zero-order chi connectivity index (χ0) is 17.9. The number of carbonyl (C=O) groups is 2. The number of amides is 2. The Labute approximate surface area is 149 Å². The Hall–Kier alpha value is -1.88. The molecule has 0 saturated carbocycles. The normalized spacial score (nSPS) is 21.4. The number of β-amino-alcohol motifs (C(OH)–C–C–N with tert-alkyl or cyclic N) is 1. The van der Waals surface area contributed by atoms with Crippen LogP contribution in [0.3, 0.4) is 0 Å². The van der Waals surface area contributed by atoms with Gasteiger partial charge in [0, 0.05) is 32.6 Å². The molecular formula is C20H28N2O3. The molecule has 1 atom stereocenters. The topological polar surface area (TPSA) is 60.9 Å². The molecule has 2 fully saturated rings. The van der Waals surface area contributed by atoms with Crippen molar-refractivity contribution >= 4 is 11.8 Å². The maximum Gasteiger partial charge on any atom is 0.229 e. The van der Waals surface area contributed by atoms with E-state index in [9.17, 15) is 9.59 Å². The summed E-state index contributed by atoms with van der Waals surface area (Å²) in [5.41, 5.74) is 1.18. The minimum atomic E-state index is -0.117. The molecule has 1 aromatic carbocycles. The molecule has 2 aliphatic heterocycles. The number of nitrogens with zero attached hydrogens (tertiary/aromatic N) is 2. The quantitative estimate of drug-likeness (QED) is 0.909. The molecule has 2 saturated heterocycles. The lowest BCUT2D eigenvalue weighted by Gasteiger charge is -2.47. The highest BCUT2D eigenvalue weighted by Gasteiger charge is 2.41. The number of rotatable bonds is 4. The van der Waals surface area contributed by atoms with Crippen LogP contribution in [0.5, 0.6) is 0 Å². The van der Waals surface area contributed by atoms with Crippen LogP contribution < -0.4 is 0 Å². The number of likely N-dealkylation sites (tertiary alicyclic amines) is 2. The highest BCUT2D eigenvalue weighted by atomic mass is 16.3. The first kappa shape index (κ1) is 17.9. The third kappa shape index (κ3) is 3.87. The molecule has 1 spiro atoms. The lowest BCUT2D eigenvalue weighted by Crippen LogP contribution is -2.53. The van der Waals surface area contributed by atoms with Gasteiger partial charge in [-0.15, -0.1) is 0 Å². The predicted octanol–water partition coefficient (Wildman–Crippen LogP) is 2.01. The Balaban J connectivity index is 1.60. The molecule has 2 aliphatic rings. The van der Waals surface area contributed by atoms with E-state index < -0.39 is 0 Å². The van der Waals surface area contributed by atoms with Gasteiger partial charge in [-0.3, -0.25) is 9.59 Å². The summed E-state index contributed by atoms with van der Waals surface area (Å²) in [6.45, 7) is 4.66. The molecule has 2 heterocycles. The molecule has 1 aromatic rings.